The van der Waals surface area contributed by atoms with Gasteiger partial charge in [0.15, 0.2) is 5.96 Å². The van der Waals surface area contributed by atoms with E-state index in [-0.39, 0.29) is 0 Å². The van der Waals surface area contributed by atoms with Gasteiger partial charge in [-0.3, -0.25) is 0 Å². The van der Waals surface area contributed by atoms with Gasteiger partial charge in [0, 0.05) is 39.5 Å². The lowest BCUT2D eigenvalue weighted by atomic mass is 10.0. The van der Waals surface area contributed by atoms with Crippen LogP contribution in [0.5, 0.6) is 0 Å². The highest BCUT2D eigenvalue weighted by molar-refractivity contribution is 5.83. The zero-order valence-electron chi connectivity index (χ0n) is 17.0. The summed E-state index contributed by atoms with van der Waals surface area (Å²) < 4.78 is 11.2. The van der Waals surface area contributed by atoms with Crippen LogP contribution < -0.4 is 10.6 Å². The molecule has 0 atom stereocenters. The topological polar surface area (TPSA) is 54.9 Å². The van der Waals surface area contributed by atoms with Crippen LogP contribution in [-0.2, 0) is 16.0 Å². The quantitative estimate of drug-likeness (QED) is 0.394. The van der Waals surface area contributed by atoms with Crippen molar-refractivity contribution in [3.63, 3.8) is 0 Å². The number of ether oxygens (including phenoxy) is 2. The van der Waals surface area contributed by atoms with Gasteiger partial charge < -0.3 is 20.1 Å². The number of hydrogen-bond acceptors (Lipinski definition) is 3. The molecule has 152 valence electrons. The van der Waals surface area contributed by atoms with E-state index in [1.165, 1.54) is 16.3 Å². The monoisotopic (exact) mass is 383 g/mol. The molecule has 2 N–H and O–H groups in total. The molecule has 28 heavy (non-hydrogen) atoms. The molecule has 1 saturated heterocycles. The normalized spacial score (nSPS) is 15.7. The van der Waals surface area contributed by atoms with Gasteiger partial charge in [-0.2, -0.15) is 0 Å². The molecule has 1 heterocycles. The summed E-state index contributed by atoms with van der Waals surface area (Å²) in [6, 6.07) is 15.0. The molecule has 5 heteroatoms. The second kappa shape index (κ2) is 11.7. The highest BCUT2D eigenvalue weighted by atomic mass is 16.5. The fraction of sp³-hybridized carbons (Fsp3) is 0.522. The van der Waals surface area contributed by atoms with Gasteiger partial charge >= 0.3 is 0 Å². The van der Waals surface area contributed by atoms with E-state index in [2.05, 4.69) is 60.0 Å². The van der Waals surface area contributed by atoms with Crippen LogP contribution in [0, 0.1) is 5.92 Å². The van der Waals surface area contributed by atoms with Crippen molar-refractivity contribution in [3.8, 4) is 0 Å². The maximum Gasteiger partial charge on any atom is 0.191 e. The van der Waals surface area contributed by atoms with Crippen LogP contribution in [0.2, 0.25) is 0 Å². The number of benzene rings is 2. The van der Waals surface area contributed by atoms with Crippen molar-refractivity contribution < 1.29 is 9.47 Å². The van der Waals surface area contributed by atoms with Gasteiger partial charge in [-0.25, -0.2) is 4.99 Å². The number of nitrogens with one attached hydrogen (secondary N) is 2. The number of aliphatic imine (C=N–C) groups is 1. The fourth-order valence-corrected chi connectivity index (χ4v) is 3.39. The van der Waals surface area contributed by atoms with Crippen LogP contribution >= 0.6 is 0 Å². The first-order chi connectivity index (χ1) is 13.8. The van der Waals surface area contributed by atoms with Crippen molar-refractivity contribution in [1.82, 2.24) is 10.6 Å². The highest BCUT2D eigenvalue weighted by Gasteiger charge is 2.13. The maximum absolute atomic E-state index is 5.83. The molecule has 0 amide bonds. The first-order valence-corrected chi connectivity index (χ1v) is 10.5. The minimum Gasteiger partial charge on any atom is -0.381 e. The van der Waals surface area contributed by atoms with E-state index in [1.807, 2.05) is 0 Å². The van der Waals surface area contributed by atoms with Gasteiger partial charge in [0.1, 0.15) is 0 Å². The fourth-order valence-electron chi connectivity index (χ4n) is 3.39. The number of guanidine groups is 1. The molecular weight excluding hydrogens is 350 g/mol. The number of nitrogens with zero attached hydrogens (tertiary/aromatic N) is 1. The van der Waals surface area contributed by atoms with Gasteiger partial charge in [-0.1, -0.05) is 36.4 Å². The molecule has 5 nitrogen and oxygen atoms in total. The molecule has 3 rings (SSSR count). The Morgan fingerprint density at radius 1 is 1.11 bits per heavy atom. The third-order valence-corrected chi connectivity index (χ3v) is 5.03. The van der Waals surface area contributed by atoms with E-state index in [9.17, 15) is 0 Å². The maximum atomic E-state index is 5.83. The Balaban J connectivity index is 1.39. The summed E-state index contributed by atoms with van der Waals surface area (Å²) in [6.45, 7) is 7.88. The van der Waals surface area contributed by atoms with Crippen LogP contribution in [-0.4, -0.2) is 45.5 Å². The second-order valence-electron chi connectivity index (χ2n) is 7.29. The molecular formula is C23H33N3O2. The Kier molecular flexibility index (Phi) is 8.59. The SMILES string of the molecule is CCNC(=NCc1ccc2ccccc2c1)NCCCOCC1CCOCC1. The van der Waals surface area contributed by atoms with Crippen molar-refractivity contribution in [2.24, 2.45) is 10.9 Å². The van der Waals surface area contributed by atoms with Crippen molar-refractivity contribution in [1.29, 1.82) is 0 Å². The van der Waals surface area contributed by atoms with E-state index >= 15 is 0 Å². The Morgan fingerprint density at radius 2 is 1.93 bits per heavy atom. The third kappa shape index (κ3) is 6.80. The standard InChI is InChI=1S/C23H33N3O2/c1-2-24-23(25-12-5-13-28-18-19-10-14-27-15-11-19)26-17-20-8-9-21-6-3-4-7-22(21)16-20/h3-4,6-9,16,19H,2,5,10-15,17-18H2,1H3,(H2,24,25,26). The largest absolute Gasteiger partial charge is 0.381 e. The Labute approximate surface area is 168 Å². The van der Waals surface area contributed by atoms with Gasteiger partial charge in [0.05, 0.1) is 6.54 Å². The van der Waals surface area contributed by atoms with E-state index in [0.717, 1.165) is 64.7 Å². The molecule has 0 unspecified atom stereocenters. The number of rotatable bonds is 9. The molecule has 0 saturated carbocycles. The van der Waals surface area contributed by atoms with Gasteiger partial charge in [-0.15, -0.1) is 0 Å². The van der Waals surface area contributed by atoms with E-state index < -0.39 is 0 Å². The Bertz CT molecular complexity index is 741. The highest BCUT2D eigenvalue weighted by Crippen LogP contribution is 2.16. The predicted molar refractivity (Wildman–Crippen MR) is 116 cm³/mol. The molecule has 2 aromatic carbocycles. The van der Waals surface area contributed by atoms with Crippen molar-refractivity contribution in [3.05, 3.63) is 48.0 Å². The lowest BCUT2D eigenvalue weighted by Crippen LogP contribution is -2.38. The molecule has 1 aliphatic heterocycles. The lowest BCUT2D eigenvalue weighted by Gasteiger charge is -2.21. The summed E-state index contributed by atoms with van der Waals surface area (Å²) in [4.78, 5) is 4.72. The molecule has 1 fully saturated rings. The minimum atomic E-state index is 0.667. The molecule has 0 aromatic heterocycles. The summed E-state index contributed by atoms with van der Waals surface area (Å²) in [5.41, 5.74) is 1.22. The van der Waals surface area contributed by atoms with Gasteiger partial charge in [-0.05, 0) is 54.5 Å². The summed E-state index contributed by atoms with van der Waals surface area (Å²) >= 11 is 0. The second-order valence-corrected chi connectivity index (χ2v) is 7.29. The van der Waals surface area contributed by atoms with E-state index in [4.69, 9.17) is 14.5 Å². The minimum absolute atomic E-state index is 0.667. The van der Waals surface area contributed by atoms with E-state index in [1.54, 1.807) is 0 Å². The number of hydrogen-bond donors (Lipinski definition) is 2. The van der Waals surface area contributed by atoms with Gasteiger partial charge in [0.25, 0.3) is 0 Å². The number of fused-ring (bicyclic) bond motifs is 1. The van der Waals surface area contributed by atoms with Crippen LogP contribution in [0.3, 0.4) is 0 Å². The third-order valence-electron chi connectivity index (χ3n) is 5.03. The smallest absolute Gasteiger partial charge is 0.191 e. The molecule has 1 aliphatic rings. The molecule has 0 aliphatic carbocycles. The summed E-state index contributed by atoms with van der Waals surface area (Å²) in [7, 11) is 0. The van der Waals surface area contributed by atoms with E-state index in [0.29, 0.717) is 12.5 Å². The zero-order valence-corrected chi connectivity index (χ0v) is 17.0. The van der Waals surface area contributed by atoms with Crippen LogP contribution in [0.25, 0.3) is 10.8 Å². The molecule has 0 bridgehead atoms. The summed E-state index contributed by atoms with van der Waals surface area (Å²) in [5, 5.41) is 9.25. The van der Waals surface area contributed by atoms with Crippen molar-refractivity contribution in [2.75, 3.05) is 39.5 Å². The average molecular weight is 384 g/mol. The first-order valence-electron chi connectivity index (χ1n) is 10.5. The van der Waals surface area contributed by atoms with Crippen LogP contribution in [0.1, 0.15) is 31.7 Å². The van der Waals surface area contributed by atoms with Crippen LogP contribution in [0.15, 0.2) is 47.5 Å². The molecule has 0 radical (unpaired) electrons. The molecule has 0 spiro atoms. The zero-order chi connectivity index (χ0) is 19.4. The Morgan fingerprint density at radius 3 is 2.75 bits per heavy atom. The van der Waals surface area contributed by atoms with Gasteiger partial charge in [0.2, 0.25) is 0 Å². The van der Waals surface area contributed by atoms with Crippen LogP contribution in [0.4, 0.5) is 0 Å². The van der Waals surface area contributed by atoms with Crippen molar-refractivity contribution >= 4 is 16.7 Å². The predicted octanol–water partition coefficient (Wildman–Crippen LogP) is 3.73. The van der Waals surface area contributed by atoms with Crippen molar-refractivity contribution in [2.45, 2.75) is 32.7 Å². The molecule has 2 aromatic rings. The summed E-state index contributed by atoms with van der Waals surface area (Å²) in [5.74, 6) is 1.53. The average Bonchev–Trinajstić information content (AvgIpc) is 2.75. The Hall–Kier alpha value is -2.11. The summed E-state index contributed by atoms with van der Waals surface area (Å²) in [6.07, 6.45) is 3.23. The lowest BCUT2D eigenvalue weighted by molar-refractivity contribution is 0.0203. The first kappa shape index (κ1) is 20.6.